The zero-order valence-electron chi connectivity index (χ0n) is 15.5. The number of ether oxygens (including phenoxy) is 1. The van der Waals surface area contributed by atoms with Crippen LogP contribution in [0.2, 0.25) is 25.7 Å². The predicted molar refractivity (Wildman–Crippen MR) is 97.4 cm³/mol. The molecule has 1 N–H and O–H groups in total. The summed E-state index contributed by atoms with van der Waals surface area (Å²) in [6.07, 6.45) is 6.55. The Morgan fingerprint density at radius 2 is 1.83 bits per heavy atom. The highest BCUT2D eigenvalue weighted by atomic mass is 28.3. The first-order valence-electron chi connectivity index (χ1n) is 8.80. The van der Waals surface area contributed by atoms with Crippen LogP contribution in [-0.4, -0.2) is 31.7 Å². The van der Waals surface area contributed by atoms with Crippen LogP contribution in [0.5, 0.6) is 0 Å². The number of unbranched alkanes of at least 4 members (excludes halogenated alkanes) is 1. The molecule has 0 aliphatic heterocycles. The Bertz CT molecular complexity index is 396. The van der Waals surface area contributed by atoms with Crippen molar-refractivity contribution in [2.75, 3.05) is 6.61 Å². The van der Waals surface area contributed by atoms with Gasteiger partial charge in [0.05, 0.1) is 6.61 Å². The maximum absolute atomic E-state index is 12.2. The lowest BCUT2D eigenvalue weighted by Gasteiger charge is -2.17. The van der Waals surface area contributed by atoms with Gasteiger partial charge in [0.2, 0.25) is 0 Å². The van der Waals surface area contributed by atoms with E-state index in [0.29, 0.717) is 24.5 Å². The first-order chi connectivity index (χ1) is 10.7. The molecule has 0 aromatic carbocycles. The van der Waals surface area contributed by atoms with Gasteiger partial charge < -0.3 is 9.84 Å². The number of hydrogen-bond acceptors (Lipinski definition) is 3. The van der Waals surface area contributed by atoms with Crippen molar-refractivity contribution in [3.05, 3.63) is 11.6 Å². The molecule has 1 atom stereocenters. The Morgan fingerprint density at radius 3 is 2.30 bits per heavy atom. The second-order valence-electron chi connectivity index (χ2n) is 7.43. The summed E-state index contributed by atoms with van der Waals surface area (Å²) in [5.74, 6) is -1.20. The van der Waals surface area contributed by atoms with Crippen molar-refractivity contribution in [2.45, 2.75) is 78.1 Å². The number of carboxylic acid groups (broad SMARTS) is 1. The van der Waals surface area contributed by atoms with Gasteiger partial charge in [-0.15, -0.1) is 0 Å². The molecule has 4 nitrogen and oxygen atoms in total. The first kappa shape index (κ1) is 21.9. The number of hydrogen-bond donors (Lipinski definition) is 1. The average molecular weight is 343 g/mol. The summed E-state index contributed by atoms with van der Waals surface area (Å²) in [5, 5.41) is 8.99. The fourth-order valence-corrected chi connectivity index (χ4v) is 3.67. The summed E-state index contributed by atoms with van der Waals surface area (Å²) in [5.41, 5.74) is 0.299. The van der Waals surface area contributed by atoms with Gasteiger partial charge in [-0.3, -0.25) is 0 Å². The zero-order valence-corrected chi connectivity index (χ0v) is 16.5. The van der Waals surface area contributed by atoms with E-state index in [1.807, 2.05) is 0 Å². The average Bonchev–Trinajstić information content (AvgIpc) is 2.45. The second-order valence-corrected chi connectivity index (χ2v) is 13.0. The molecule has 0 saturated heterocycles. The molecule has 1 unspecified atom stereocenters. The zero-order chi connectivity index (χ0) is 17.9. The maximum atomic E-state index is 12.2. The monoisotopic (exact) mass is 342 g/mol. The Hall–Kier alpha value is -1.10. The maximum Gasteiger partial charge on any atom is 0.334 e. The summed E-state index contributed by atoms with van der Waals surface area (Å²) in [6.45, 7) is 11.4. The molecule has 0 bridgehead atoms. The molecule has 0 aliphatic rings. The number of carboxylic acids is 1. The van der Waals surface area contributed by atoms with E-state index in [9.17, 15) is 9.59 Å². The van der Waals surface area contributed by atoms with Crippen LogP contribution in [0.25, 0.3) is 0 Å². The molecular weight excluding hydrogens is 308 g/mol. The number of carbonyl (C=O) groups is 2. The molecule has 0 aromatic heterocycles. The Balaban J connectivity index is 4.58. The minimum Gasteiger partial charge on any atom is -0.478 e. The van der Waals surface area contributed by atoms with Crippen molar-refractivity contribution in [3.63, 3.8) is 0 Å². The summed E-state index contributed by atoms with van der Waals surface area (Å²) in [6, 6.07) is 1.10. The van der Waals surface area contributed by atoms with Gasteiger partial charge >= 0.3 is 11.9 Å². The smallest absolute Gasteiger partial charge is 0.334 e. The van der Waals surface area contributed by atoms with Gasteiger partial charge in [0.25, 0.3) is 0 Å². The third-order valence-corrected chi connectivity index (χ3v) is 5.77. The lowest BCUT2D eigenvalue weighted by molar-refractivity contribution is -0.140. The lowest BCUT2D eigenvalue weighted by atomic mass is 9.91. The first-order valence-corrected chi connectivity index (χ1v) is 12.5. The van der Waals surface area contributed by atoms with Crippen LogP contribution in [0.15, 0.2) is 11.6 Å². The molecule has 0 fully saturated rings. The standard InChI is InChI=1S/C18H34O4Si/c1-6-8-10-15(7-2)13-16(14-17(19)20)18(21)22-11-9-12-23(3,4)5/h14-15H,6-13H2,1-5H3,(H,19,20). The van der Waals surface area contributed by atoms with Crippen LogP contribution in [-0.2, 0) is 14.3 Å². The molecule has 0 rings (SSSR count). The molecule has 134 valence electrons. The van der Waals surface area contributed by atoms with Crippen molar-refractivity contribution < 1.29 is 19.4 Å². The van der Waals surface area contributed by atoms with Gasteiger partial charge in [-0.2, -0.15) is 0 Å². The molecule has 0 spiro atoms. The largest absolute Gasteiger partial charge is 0.478 e. The molecule has 0 radical (unpaired) electrons. The van der Waals surface area contributed by atoms with Gasteiger partial charge in [0, 0.05) is 19.7 Å². The predicted octanol–water partition coefficient (Wildman–Crippen LogP) is 4.88. The number of aliphatic carboxylic acids is 1. The molecule has 23 heavy (non-hydrogen) atoms. The van der Waals surface area contributed by atoms with E-state index in [4.69, 9.17) is 9.84 Å². The highest BCUT2D eigenvalue weighted by Crippen LogP contribution is 2.22. The normalized spacial score (nSPS) is 13.7. The SMILES string of the molecule is CCCCC(CC)CC(=CC(=O)O)C(=O)OCCC[Si](C)(C)C. The van der Waals surface area contributed by atoms with Crippen molar-refractivity contribution in [3.8, 4) is 0 Å². The fourth-order valence-electron chi connectivity index (χ4n) is 2.46. The van der Waals surface area contributed by atoms with Gasteiger partial charge in [0.1, 0.15) is 0 Å². The van der Waals surface area contributed by atoms with E-state index in [2.05, 4.69) is 33.5 Å². The van der Waals surface area contributed by atoms with Crippen molar-refractivity contribution in [2.24, 2.45) is 5.92 Å². The van der Waals surface area contributed by atoms with Gasteiger partial charge in [-0.1, -0.05) is 65.2 Å². The Kier molecular flexibility index (Phi) is 10.9. The van der Waals surface area contributed by atoms with Crippen LogP contribution in [0, 0.1) is 5.92 Å². The van der Waals surface area contributed by atoms with E-state index in [-0.39, 0.29) is 0 Å². The highest BCUT2D eigenvalue weighted by molar-refractivity contribution is 6.76. The second kappa shape index (κ2) is 11.4. The van der Waals surface area contributed by atoms with Crippen molar-refractivity contribution >= 4 is 20.0 Å². The summed E-state index contributed by atoms with van der Waals surface area (Å²) in [7, 11) is -1.13. The number of carbonyl (C=O) groups excluding carboxylic acids is 1. The van der Waals surface area contributed by atoms with Crippen LogP contribution in [0.3, 0.4) is 0 Å². The molecule has 0 aliphatic carbocycles. The summed E-state index contributed by atoms with van der Waals surface area (Å²) < 4.78 is 5.30. The molecule has 0 heterocycles. The minimum absolute atomic E-state index is 0.299. The molecule has 0 amide bonds. The Morgan fingerprint density at radius 1 is 1.17 bits per heavy atom. The van der Waals surface area contributed by atoms with E-state index >= 15 is 0 Å². The highest BCUT2D eigenvalue weighted by Gasteiger charge is 2.18. The molecule has 5 heteroatoms. The molecule has 0 saturated carbocycles. The van der Waals surface area contributed by atoms with Gasteiger partial charge in [0.15, 0.2) is 0 Å². The topological polar surface area (TPSA) is 63.6 Å². The number of esters is 1. The third kappa shape index (κ3) is 12.0. The van der Waals surface area contributed by atoms with Crippen molar-refractivity contribution in [1.82, 2.24) is 0 Å². The van der Waals surface area contributed by atoms with Crippen LogP contribution in [0.1, 0.15) is 52.4 Å². The van der Waals surface area contributed by atoms with E-state index < -0.39 is 20.0 Å². The lowest BCUT2D eigenvalue weighted by Crippen LogP contribution is -2.20. The quantitative estimate of drug-likeness (QED) is 0.238. The van der Waals surface area contributed by atoms with E-state index in [1.54, 1.807) is 0 Å². The molecule has 0 aromatic rings. The summed E-state index contributed by atoms with van der Waals surface area (Å²) >= 11 is 0. The van der Waals surface area contributed by atoms with Gasteiger partial charge in [-0.05, 0) is 18.8 Å². The van der Waals surface area contributed by atoms with Crippen LogP contribution >= 0.6 is 0 Å². The van der Waals surface area contributed by atoms with E-state index in [1.165, 1.54) is 0 Å². The van der Waals surface area contributed by atoms with Crippen LogP contribution < -0.4 is 0 Å². The van der Waals surface area contributed by atoms with Crippen molar-refractivity contribution in [1.29, 1.82) is 0 Å². The minimum atomic E-state index is -1.13. The fraction of sp³-hybridized carbons (Fsp3) is 0.778. The molecular formula is C18H34O4Si. The van der Waals surface area contributed by atoms with Gasteiger partial charge in [-0.25, -0.2) is 9.59 Å². The number of rotatable bonds is 12. The van der Waals surface area contributed by atoms with Crippen LogP contribution in [0.4, 0.5) is 0 Å². The summed E-state index contributed by atoms with van der Waals surface area (Å²) in [4.78, 5) is 23.2. The Labute approximate surface area is 142 Å². The third-order valence-electron chi connectivity index (χ3n) is 3.92. The van der Waals surface area contributed by atoms with E-state index in [0.717, 1.165) is 44.2 Å².